The van der Waals surface area contributed by atoms with Crippen LogP contribution in [0.15, 0.2) is 24.3 Å². The van der Waals surface area contributed by atoms with Crippen molar-refractivity contribution in [1.29, 1.82) is 0 Å². The van der Waals surface area contributed by atoms with E-state index in [0.29, 0.717) is 0 Å². The summed E-state index contributed by atoms with van der Waals surface area (Å²) < 4.78 is 0. The molecule has 0 spiro atoms. The second kappa shape index (κ2) is 6.27. The normalized spacial score (nSPS) is 20.0. The molecule has 1 N–H and O–H groups in total. The number of carbonyl (C=O) groups is 1. The van der Waals surface area contributed by atoms with Crippen LogP contribution in [0.1, 0.15) is 31.2 Å². The summed E-state index contributed by atoms with van der Waals surface area (Å²) in [7, 11) is 0. The smallest absolute Gasteiger partial charge is 0.324 e. The number of benzene rings is 1. The summed E-state index contributed by atoms with van der Waals surface area (Å²) in [5, 5.41) is 3.39. The molecule has 4 heteroatoms. The Labute approximate surface area is 120 Å². The Balaban J connectivity index is 1.83. The fraction of sp³-hybridized carbons (Fsp3) is 0.562. The monoisotopic (exact) mass is 273 g/mol. The molecule has 0 saturated carbocycles. The number of rotatable bonds is 0. The zero-order valence-electron chi connectivity index (χ0n) is 12.0. The van der Waals surface area contributed by atoms with Gasteiger partial charge in [0.1, 0.15) is 0 Å². The number of amides is 2. The number of fused-ring (bicyclic) bond motifs is 1. The van der Waals surface area contributed by atoms with Gasteiger partial charge in [-0.2, -0.15) is 0 Å². The van der Waals surface area contributed by atoms with Gasteiger partial charge in [0.15, 0.2) is 0 Å². The third-order valence-corrected chi connectivity index (χ3v) is 4.22. The standard InChI is InChI=1S/C16H23N3O/c20-16(18-10-5-1-2-6-11-18)19-12-9-17-13-14-7-3-4-8-15(14)19/h3-4,7-8,17H,1-2,5-6,9-13H2. The topological polar surface area (TPSA) is 35.6 Å². The number of nitrogens with zero attached hydrogens (tertiary/aromatic N) is 2. The first-order valence-corrected chi connectivity index (χ1v) is 7.71. The van der Waals surface area contributed by atoms with Crippen LogP contribution in [0.3, 0.4) is 0 Å². The average Bonchev–Trinajstić information content (AvgIpc) is 2.87. The Kier molecular flexibility index (Phi) is 4.21. The van der Waals surface area contributed by atoms with E-state index >= 15 is 0 Å². The summed E-state index contributed by atoms with van der Waals surface area (Å²) in [6, 6.07) is 8.42. The van der Waals surface area contributed by atoms with E-state index in [4.69, 9.17) is 0 Å². The third kappa shape index (κ3) is 2.80. The first kappa shape index (κ1) is 13.4. The number of likely N-dealkylation sites (tertiary alicyclic amines) is 1. The minimum atomic E-state index is 0.183. The largest absolute Gasteiger partial charge is 0.324 e. The summed E-state index contributed by atoms with van der Waals surface area (Å²) in [5.74, 6) is 0. The second-order valence-corrected chi connectivity index (χ2v) is 5.64. The first-order valence-electron chi connectivity index (χ1n) is 7.71. The molecule has 0 unspecified atom stereocenters. The van der Waals surface area contributed by atoms with Crippen molar-refractivity contribution >= 4 is 11.7 Å². The molecule has 2 aliphatic heterocycles. The molecule has 0 bridgehead atoms. The van der Waals surface area contributed by atoms with Crippen molar-refractivity contribution in [2.24, 2.45) is 0 Å². The van der Waals surface area contributed by atoms with Gasteiger partial charge in [0, 0.05) is 38.4 Å². The predicted octanol–water partition coefficient (Wildman–Crippen LogP) is 2.59. The molecule has 4 nitrogen and oxygen atoms in total. The molecule has 1 fully saturated rings. The van der Waals surface area contributed by atoms with Gasteiger partial charge < -0.3 is 10.2 Å². The molecule has 2 heterocycles. The fourth-order valence-electron chi connectivity index (χ4n) is 3.09. The van der Waals surface area contributed by atoms with Crippen molar-refractivity contribution in [3.05, 3.63) is 29.8 Å². The Bertz CT molecular complexity index is 467. The molecule has 1 saturated heterocycles. The van der Waals surface area contributed by atoms with Crippen LogP contribution in [-0.4, -0.2) is 37.1 Å². The Hall–Kier alpha value is -1.55. The lowest BCUT2D eigenvalue weighted by molar-refractivity contribution is 0.206. The molecule has 0 atom stereocenters. The highest BCUT2D eigenvalue weighted by Crippen LogP contribution is 2.24. The van der Waals surface area contributed by atoms with Crippen molar-refractivity contribution < 1.29 is 4.79 Å². The van der Waals surface area contributed by atoms with Crippen LogP contribution in [-0.2, 0) is 6.54 Å². The summed E-state index contributed by atoms with van der Waals surface area (Å²) >= 11 is 0. The van der Waals surface area contributed by atoms with E-state index in [9.17, 15) is 4.79 Å². The van der Waals surface area contributed by atoms with Crippen molar-refractivity contribution in [2.45, 2.75) is 32.2 Å². The fourth-order valence-corrected chi connectivity index (χ4v) is 3.09. The number of carbonyl (C=O) groups excluding carboxylic acids is 1. The van der Waals surface area contributed by atoms with Crippen LogP contribution >= 0.6 is 0 Å². The molecule has 1 aromatic rings. The molecule has 20 heavy (non-hydrogen) atoms. The minimum Gasteiger partial charge on any atom is -0.324 e. The van der Waals surface area contributed by atoms with E-state index in [1.165, 1.54) is 18.4 Å². The highest BCUT2D eigenvalue weighted by atomic mass is 16.2. The van der Waals surface area contributed by atoms with E-state index in [1.807, 2.05) is 21.9 Å². The highest BCUT2D eigenvalue weighted by Gasteiger charge is 2.25. The maximum atomic E-state index is 12.8. The molecule has 0 aliphatic carbocycles. The molecule has 0 aromatic heterocycles. The van der Waals surface area contributed by atoms with Crippen LogP contribution in [0.5, 0.6) is 0 Å². The minimum absolute atomic E-state index is 0.183. The van der Waals surface area contributed by atoms with Crippen molar-refractivity contribution in [2.75, 3.05) is 31.1 Å². The van der Waals surface area contributed by atoms with Gasteiger partial charge in [0.2, 0.25) is 0 Å². The van der Waals surface area contributed by atoms with Gasteiger partial charge in [-0.1, -0.05) is 31.0 Å². The Morgan fingerprint density at radius 1 is 1.00 bits per heavy atom. The third-order valence-electron chi connectivity index (χ3n) is 4.22. The maximum Gasteiger partial charge on any atom is 0.324 e. The average molecular weight is 273 g/mol. The van der Waals surface area contributed by atoms with Gasteiger partial charge in [-0.3, -0.25) is 4.90 Å². The van der Waals surface area contributed by atoms with Crippen LogP contribution < -0.4 is 10.2 Å². The zero-order valence-corrected chi connectivity index (χ0v) is 12.0. The molecule has 2 aliphatic rings. The molecule has 0 radical (unpaired) electrons. The van der Waals surface area contributed by atoms with E-state index < -0.39 is 0 Å². The van der Waals surface area contributed by atoms with E-state index in [0.717, 1.165) is 51.3 Å². The number of nitrogens with one attached hydrogen (secondary N) is 1. The molecule has 108 valence electrons. The highest BCUT2D eigenvalue weighted by molar-refractivity contribution is 5.93. The Morgan fingerprint density at radius 3 is 2.55 bits per heavy atom. The summed E-state index contributed by atoms with van der Waals surface area (Å²) in [4.78, 5) is 16.8. The van der Waals surface area contributed by atoms with E-state index in [2.05, 4.69) is 17.4 Å². The number of anilines is 1. The SMILES string of the molecule is O=C(N1CCCCCC1)N1CCNCc2ccccc21. The van der Waals surface area contributed by atoms with Gasteiger partial charge >= 0.3 is 6.03 Å². The van der Waals surface area contributed by atoms with Gasteiger partial charge in [0.25, 0.3) is 0 Å². The quantitative estimate of drug-likeness (QED) is 0.788. The number of hydrogen-bond acceptors (Lipinski definition) is 2. The number of hydrogen-bond donors (Lipinski definition) is 1. The van der Waals surface area contributed by atoms with Crippen molar-refractivity contribution in [3.63, 3.8) is 0 Å². The van der Waals surface area contributed by atoms with Crippen molar-refractivity contribution in [3.8, 4) is 0 Å². The molecular formula is C16H23N3O. The zero-order chi connectivity index (χ0) is 13.8. The summed E-state index contributed by atoms with van der Waals surface area (Å²) in [6.07, 6.45) is 4.78. The second-order valence-electron chi connectivity index (χ2n) is 5.64. The van der Waals surface area contributed by atoms with Gasteiger partial charge in [-0.25, -0.2) is 4.79 Å². The first-order chi connectivity index (χ1) is 9.86. The lowest BCUT2D eigenvalue weighted by Gasteiger charge is -2.30. The number of para-hydroxylation sites is 1. The molecular weight excluding hydrogens is 250 g/mol. The van der Waals surface area contributed by atoms with Gasteiger partial charge in [-0.05, 0) is 24.5 Å². The van der Waals surface area contributed by atoms with E-state index in [-0.39, 0.29) is 6.03 Å². The Morgan fingerprint density at radius 2 is 1.75 bits per heavy atom. The molecule has 3 rings (SSSR count). The van der Waals surface area contributed by atoms with Crippen LogP contribution in [0, 0.1) is 0 Å². The van der Waals surface area contributed by atoms with Gasteiger partial charge in [-0.15, -0.1) is 0 Å². The summed E-state index contributed by atoms with van der Waals surface area (Å²) in [6.45, 7) is 4.27. The molecule has 2 amide bonds. The van der Waals surface area contributed by atoms with Crippen molar-refractivity contribution in [1.82, 2.24) is 10.2 Å². The maximum absolute atomic E-state index is 12.8. The van der Waals surface area contributed by atoms with Crippen LogP contribution in [0.4, 0.5) is 10.5 Å². The van der Waals surface area contributed by atoms with Crippen LogP contribution in [0.2, 0.25) is 0 Å². The number of urea groups is 1. The van der Waals surface area contributed by atoms with Gasteiger partial charge in [0.05, 0.1) is 0 Å². The molecule has 1 aromatic carbocycles. The summed E-state index contributed by atoms with van der Waals surface area (Å²) in [5.41, 5.74) is 2.29. The lowest BCUT2D eigenvalue weighted by atomic mass is 10.1. The van der Waals surface area contributed by atoms with Crippen LogP contribution in [0.25, 0.3) is 0 Å². The predicted molar refractivity (Wildman–Crippen MR) is 80.9 cm³/mol. The van der Waals surface area contributed by atoms with E-state index in [1.54, 1.807) is 0 Å². The lowest BCUT2D eigenvalue weighted by Crippen LogP contribution is -2.45.